The highest BCUT2D eigenvalue weighted by Gasteiger charge is 2.46. The molecule has 0 aromatic heterocycles. The van der Waals surface area contributed by atoms with E-state index in [1.54, 1.807) is 0 Å². The second-order valence-electron chi connectivity index (χ2n) is 5.55. The maximum Gasteiger partial charge on any atom is 0.102 e. The van der Waals surface area contributed by atoms with Gasteiger partial charge >= 0.3 is 0 Å². The normalized spacial score (nSPS) is 34.3. The highest BCUT2D eigenvalue weighted by Crippen LogP contribution is 2.34. The van der Waals surface area contributed by atoms with Crippen LogP contribution in [0.4, 0.5) is 4.39 Å². The smallest absolute Gasteiger partial charge is 0.102 e. The molecule has 3 fully saturated rings. The lowest BCUT2D eigenvalue weighted by atomic mass is 9.85. The molecule has 2 unspecified atom stereocenters. The van der Waals surface area contributed by atoms with E-state index in [-0.39, 0.29) is 12.2 Å². The third kappa shape index (κ3) is 1.68. The van der Waals surface area contributed by atoms with E-state index < -0.39 is 0 Å². The van der Waals surface area contributed by atoms with Gasteiger partial charge in [-0.1, -0.05) is 0 Å². The minimum Gasteiger partial charge on any atom is -0.295 e. The van der Waals surface area contributed by atoms with Crippen molar-refractivity contribution in [2.24, 2.45) is 0 Å². The molecule has 0 aromatic rings. The Morgan fingerprint density at radius 1 is 1.21 bits per heavy atom. The van der Waals surface area contributed by atoms with Gasteiger partial charge in [-0.15, -0.1) is 0 Å². The molecule has 0 aliphatic carbocycles. The summed E-state index contributed by atoms with van der Waals surface area (Å²) in [5, 5.41) is 0. The fourth-order valence-corrected chi connectivity index (χ4v) is 2.70. The van der Waals surface area contributed by atoms with E-state index in [1.807, 2.05) is 0 Å². The van der Waals surface area contributed by atoms with Crippen molar-refractivity contribution in [1.29, 1.82) is 0 Å². The van der Waals surface area contributed by atoms with Crippen LogP contribution >= 0.6 is 0 Å². The standard InChI is InChI=1S/C11H21FN2/c1-11(2,3)13-7-9-6-10(8-13)14(9)5-4-12/h9-10H,4-8H2,1-3H3. The SMILES string of the molecule is CC(C)(C)N1CC2CC(C1)N2CCF. The van der Waals surface area contributed by atoms with Crippen molar-refractivity contribution in [2.75, 3.05) is 26.3 Å². The van der Waals surface area contributed by atoms with E-state index in [0.29, 0.717) is 18.6 Å². The highest BCUT2D eigenvalue weighted by atomic mass is 19.1. The van der Waals surface area contributed by atoms with Crippen molar-refractivity contribution >= 4 is 0 Å². The van der Waals surface area contributed by atoms with Crippen molar-refractivity contribution in [2.45, 2.75) is 44.8 Å². The van der Waals surface area contributed by atoms with Crippen molar-refractivity contribution in [3.63, 3.8) is 0 Å². The molecule has 14 heavy (non-hydrogen) atoms. The van der Waals surface area contributed by atoms with E-state index in [1.165, 1.54) is 6.42 Å². The third-order valence-corrected chi connectivity index (χ3v) is 3.64. The molecular weight excluding hydrogens is 179 g/mol. The number of piperazine rings is 1. The van der Waals surface area contributed by atoms with Gasteiger partial charge < -0.3 is 0 Å². The van der Waals surface area contributed by atoms with E-state index in [4.69, 9.17) is 0 Å². The van der Waals surface area contributed by atoms with Crippen LogP contribution < -0.4 is 0 Å². The second kappa shape index (κ2) is 3.46. The lowest BCUT2D eigenvalue weighted by Gasteiger charge is -2.59. The summed E-state index contributed by atoms with van der Waals surface area (Å²) < 4.78 is 12.2. The molecule has 3 saturated heterocycles. The first-order valence-corrected chi connectivity index (χ1v) is 5.59. The summed E-state index contributed by atoms with van der Waals surface area (Å²) in [5.74, 6) is 0. The molecule has 3 rings (SSSR count). The summed E-state index contributed by atoms with van der Waals surface area (Å²) in [6.07, 6.45) is 1.28. The summed E-state index contributed by atoms with van der Waals surface area (Å²) in [6.45, 7) is 9.49. The topological polar surface area (TPSA) is 6.48 Å². The number of rotatable bonds is 2. The Kier molecular flexibility index (Phi) is 2.56. The highest BCUT2D eigenvalue weighted by molar-refractivity contribution is 5.02. The summed E-state index contributed by atoms with van der Waals surface area (Å²) in [6, 6.07) is 1.26. The molecule has 3 heterocycles. The summed E-state index contributed by atoms with van der Waals surface area (Å²) in [4.78, 5) is 4.86. The molecule has 2 atom stereocenters. The van der Waals surface area contributed by atoms with Crippen LogP contribution in [0.1, 0.15) is 27.2 Å². The van der Waals surface area contributed by atoms with Crippen LogP contribution in [0.2, 0.25) is 0 Å². The number of hydrogen-bond acceptors (Lipinski definition) is 2. The Hall–Kier alpha value is -0.150. The first-order valence-electron chi connectivity index (χ1n) is 5.59. The van der Waals surface area contributed by atoms with E-state index >= 15 is 0 Å². The maximum atomic E-state index is 12.2. The molecular formula is C11H21FN2. The molecule has 3 aliphatic rings. The molecule has 0 radical (unpaired) electrons. The van der Waals surface area contributed by atoms with Crippen LogP contribution in [0.25, 0.3) is 0 Å². The van der Waals surface area contributed by atoms with Gasteiger partial charge in [-0.2, -0.15) is 0 Å². The van der Waals surface area contributed by atoms with Crippen molar-refractivity contribution in [3.8, 4) is 0 Å². The van der Waals surface area contributed by atoms with Crippen LogP contribution in [-0.2, 0) is 0 Å². The molecule has 0 N–H and O–H groups in total. The number of nitrogens with zero attached hydrogens (tertiary/aromatic N) is 2. The van der Waals surface area contributed by atoms with Gasteiger partial charge in [0.25, 0.3) is 0 Å². The first-order chi connectivity index (χ1) is 6.52. The Bertz CT molecular complexity index is 200. The zero-order chi connectivity index (χ0) is 10.3. The predicted octanol–water partition coefficient (Wildman–Crippen LogP) is 1.51. The van der Waals surface area contributed by atoms with Gasteiger partial charge in [0.15, 0.2) is 0 Å². The predicted molar refractivity (Wildman–Crippen MR) is 56.2 cm³/mol. The number of fused-ring (bicyclic) bond motifs is 2. The Morgan fingerprint density at radius 3 is 2.21 bits per heavy atom. The van der Waals surface area contributed by atoms with Gasteiger partial charge in [0.2, 0.25) is 0 Å². The van der Waals surface area contributed by atoms with Crippen molar-refractivity contribution in [3.05, 3.63) is 0 Å². The molecule has 3 heteroatoms. The molecule has 82 valence electrons. The minimum absolute atomic E-state index is 0.192. The Balaban J connectivity index is 1.92. The van der Waals surface area contributed by atoms with Crippen LogP contribution in [-0.4, -0.2) is 53.7 Å². The van der Waals surface area contributed by atoms with Crippen LogP contribution in [0.5, 0.6) is 0 Å². The van der Waals surface area contributed by atoms with E-state index in [2.05, 4.69) is 30.6 Å². The lowest BCUT2D eigenvalue weighted by molar-refractivity contribution is -0.0961. The number of halogens is 1. The van der Waals surface area contributed by atoms with Gasteiger partial charge in [0, 0.05) is 37.3 Å². The van der Waals surface area contributed by atoms with E-state index in [9.17, 15) is 4.39 Å². The molecule has 0 spiro atoms. The van der Waals surface area contributed by atoms with Gasteiger partial charge in [0.05, 0.1) is 0 Å². The lowest BCUT2D eigenvalue weighted by Crippen LogP contribution is -2.71. The quantitative estimate of drug-likeness (QED) is 0.666. The van der Waals surface area contributed by atoms with Crippen molar-refractivity contribution < 1.29 is 4.39 Å². The third-order valence-electron chi connectivity index (χ3n) is 3.64. The molecule has 0 aromatic carbocycles. The van der Waals surface area contributed by atoms with Gasteiger partial charge in [0.1, 0.15) is 6.67 Å². The zero-order valence-electron chi connectivity index (χ0n) is 9.46. The number of piperidine rings is 1. The van der Waals surface area contributed by atoms with Gasteiger partial charge in [-0.25, -0.2) is 4.39 Å². The average molecular weight is 200 g/mol. The van der Waals surface area contributed by atoms with Gasteiger partial charge in [-0.05, 0) is 27.2 Å². The molecule has 3 aliphatic heterocycles. The fraction of sp³-hybridized carbons (Fsp3) is 1.00. The largest absolute Gasteiger partial charge is 0.295 e. The van der Waals surface area contributed by atoms with Crippen LogP contribution in [0, 0.1) is 0 Å². The summed E-state index contributed by atoms with van der Waals surface area (Å²) >= 11 is 0. The van der Waals surface area contributed by atoms with E-state index in [0.717, 1.165) is 13.1 Å². The van der Waals surface area contributed by atoms with Gasteiger partial charge in [-0.3, -0.25) is 9.80 Å². The monoisotopic (exact) mass is 200 g/mol. The number of hydrogen-bond donors (Lipinski definition) is 0. The minimum atomic E-state index is -0.192. The molecule has 0 saturated carbocycles. The summed E-state index contributed by atoms with van der Waals surface area (Å²) in [5.41, 5.74) is 0.277. The average Bonchev–Trinajstić information content (AvgIpc) is 2.13. The van der Waals surface area contributed by atoms with Crippen molar-refractivity contribution in [1.82, 2.24) is 9.80 Å². The molecule has 0 amide bonds. The van der Waals surface area contributed by atoms with Crippen LogP contribution in [0.15, 0.2) is 0 Å². The van der Waals surface area contributed by atoms with Crippen LogP contribution in [0.3, 0.4) is 0 Å². The maximum absolute atomic E-state index is 12.2. The Labute approximate surface area is 86.1 Å². The first kappa shape index (κ1) is 10.4. The zero-order valence-corrected chi connectivity index (χ0v) is 9.46. The molecule has 2 nitrogen and oxygen atoms in total. The fourth-order valence-electron chi connectivity index (χ4n) is 2.70. The molecule has 2 bridgehead atoms. The number of alkyl halides is 1. The Morgan fingerprint density at radius 2 is 1.79 bits per heavy atom. The summed E-state index contributed by atoms with van der Waals surface area (Å²) in [7, 11) is 0. The second-order valence-corrected chi connectivity index (χ2v) is 5.55.